The minimum absolute atomic E-state index is 0. The lowest BCUT2D eigenvalue weighted by atomic mass is 10.5. The van der Waals surface area contributed by atoms with Crippen LogP contribution in [0.15, 0.2) is 6.33 Å². The molecule has 7 heteroatoms. The standard InChI is InChI=1S/C5H5N5S.ClH/c6-3-2-4(8-1-7-3)10-5(11)9-2;/h1H,(H4,6,7,8,9,10,11);1H. The number of H-pyrrole nitrogens is 3. The number of hydrogen-bond donors (Lipinski definition) is 3. The molecule has 0 aromatic carbocycles. The van der Waals surface area contributed by atoms with Crippen molar-refractivity contribution in [2.75, 3.05) is 5.73 Å². The molecule has 12 heavy (non-hydrogen) atoms. The summed E-state index contributed by atoms with van der Waals surface area (Å²) in [5.41, 5.74) is 7.03. The molecule has 0 saturated carbocycles. The zero-order valence-electron chi connectivity index (χ0n) is 5.89. The highest BCUT2D eigenvalue weighted by atomic mass is 35.5. The fraction of sp³-hybridized carbons (Fsp3) is 0. The van der Waals surface area contributed by atoms with Gasteiger partial charge in [-0.3, -0.25) is 0 Å². The maximum absolute atomic E-state index is 5.54. The van der Waals surface area contributed by atoms with Crippen LogP contribution in [0.2, 0.25) is 0 Å². The van der Waals surface area contributed by atoms with E-state index in [-0.39, 0.29) is 12.4 Å². The molecule has 0 bridgehead atoms. The number of nitrogens with zero attached hydrogens (tertiary/aromatic N) is 1. The SMILES string of the molecule is Nc1nc[nH+]c2[nH]c(=S)[nH]c12.[Cl-]. The number of nitrogens with one attached hydrogen (secondary N) is 3. The summed E-state index contributed by atoms with van der Waals surface area (Å²) in [7, 11) is 0. The van der Waals surface area contributed by atoms with Crippen LogP contribution < -0.4 is 23.1 Å². The van der Waals surface area contributed by atoms with Crippen LogP contribution in [-0.4, -0.2) is 15.0 Å². The number of hydrogen-bond acceptors (Lipinski definition) is 3. The Kier molecular flexibility index (Phi) is 2.30. The van der Waals surface area contributed by atoms with Gasteiger partial charge in [0.25, 0.3) is 5.65 Å². The molecule has 0 aliphatic heterocycles. The molecule has 5 nitrogen and oxygen atoms in total. The van der Waals surface area contributed by atoms with Gasteiger partial charge in [-0.1, -0.05) is 4.98 Å². The lowest BCUT2D eigenvalue weighted by Gasteiger charge is -1.83. The lowest BCUT2D eigenvalue weighted by Crippen LogP contribution is -3.00. The number of fused-ring (bicyclic) bond motifs is 1. The largest absolute Gasteiger partial charge is 1.00 e. The van der Waals surface area contributed by atoms with Crippen LogP contribution in [-0.2, 0) is 0 Å². The van der Waals surface area contributed by atoms with Gasteiger partial charge in [-0.05, 0) is 12.2 Å². The average molecular weight is 204 g/mol. The molecule has 0 amide bonds. The van der Waals surface area contributed by atoms with E-state index in [2.05, 4.69) is 19.9 Å². The summed E-state index contributed by atoms with van der Waals surface area (Å²) in [5, 5.41) is 0. The number of aromatic nitrogens is 4. The molecular weight excluding hydrogens is 198 g/mol. The van der Waals surface area contributed by atoms with Crippen molar-refractivity contribution >= 4 is 29.2 Å². The molecule has 64 valence electrons. The van der Waals surface area contributed by atoms with E-state index >= 15 is 0 Å². The van der Waals surface area contributed by atoms with Gasteiger partial charge in [0.2, 0.25) is 16.9 Å². The molecule has 0 atom stereocenters. The first kappa shape index (κ1) is 8.95. The van der Waals surface area contributed by atoms with Crippen molar-refractivity contribution in [3.05, 3.63) is 11.1 Å². The second-order valence-electron chi connectivity index (χ2n) is 2.12. The fourth-order valence-corrected chi connectivity index (χ4v) is 1.12. The molecule has 2 aromatic rings. The van der Waals surface area contributed by atoms with Crippen molar-refractivity contribution in [2.45, 2.75) is 0 Å². The maximum atomic E-state index is 5.54. The van der Waals surface area contributed by atoms with Crippen molar-refractivity contribution in [3.63, 3.8) is 0 Å². The van der Waals surface area contributed by atoms with Gasteiger partial charge in [-0.2, -0.15) is 0 Å². The van der Waals surface area contributed by atoms with E-state index in [0.717, 1.165) is 11.2 Å². The smallest absolute Gasteiger partial charge is 0.255 e. The number of nitrogen functional groups attached to an aromatic ring is 1. The molecule has 2 heterocycles. The van der Waals surface area contributed by atoms with Crippen LogP contribution >= 0.6 is 12.2 Å². The highest BCUT2D eigenvalue weighted by Gasteiger charge is 2.06. The fourth-order valence-electron chi connectivity index (χ4n) is 0.915. The van der Waals surface area contributed by atoms with E-state index in [1.54, 1.807) is 0 Å². The first-order valence-corrected chi connectivity index (χ1v) is 3.42. The van der Waals surface area contributed by atoms with Crippen molar-refractivity contribution < 1.29 is 17.4 Å². The zero-order chi connectivity index (χ0) is 7.84. The Morgan fingerprint density at radius 3 is 2.92 bits per heavy atom. The quantitative estimate of drug-likeness (QED) is 0.400. The van der Waals surface area contributed by atoms with Crippen molar-refractivity contribution in [1.29, 1.82) is 0 Å². The Morgan fingerprint density at radius 2 is 2.25 bits per heavy atom. The highest BCUT2D eigenvalue weighted by Crippen LogP contribution is 2.07. The first-order valence-electron chi connectivity index (χ1n) is 3.01. The van der Waals surface area contributed by atoms with E-state index in [0.29, 0.717) is 10.6 Å². The number of aromatic amines is 3. The number of nitrogens with two attached hydrogens (primary N) is 1. The van der Waals surface area contributed by atoms with E-state index in [1.807, 2.05) is 0 Å². The Hall–Kier alpha value is -1.14. The molecule has 0 unspecified atom stereocenters. The van der Waals surface area contributed by atoms with Gasteiger partial charge >= 0.3 is 0 Å². The Morgan fingerprint density at radius 1 is 1.50 bits per heavy atom. The molecule has 0 radical (unpaired) electrons. The van der Waals surface area contributed by atoms with Gasteiger partial charge in [0.1, 0.15) is 0 Å². The van der Waals surface area contributed by atoms with E-state index in [4.69, 9.17) is 18.0 Å². The summed E-state index contributed by atoms with van der Waals surface area (Å²) in [4.78, 5) is 12.5. The van der Waals surface area contributed by atoms with Gasteiger partial charge in [-0.25, -0.2) is 9.97 Å². The maximum Gasteiger partial charge on any atom is 0.255 e. The first-order chi connectivity index (χ1) is 5.27. The summed E-state index contributed by atoms with van der Waals surface area (Å²) < 4.78 is 0.538. The molecule has 0 aliphatic carbocycles. The number of imidazole rings is 1. The zero-order valence-corrected chi connectivity index (χ0v) is 7.46. The Bertz CT molecular complexity index is 446. The van der Waals surface area contributed by atoms with Crippen LogP contribution in [0.3, 0.4) is 0 Å². The van der Waals surface area contributed by atoms with Crippen molar-refractivity contribution in [2.24, 2.45) is 0 Å². The summed E-state index contributed by atoms with van der Waals surface area (Å²) in [6.07, 6.45) is 1.51. The average Bonchev–Trinajstić information content (AvgIpc) is 2.31. The summed E-state index contributed by atoms with van der Waals surface area (Å²) in [6, 6.07) is 0. The molecule has 2 rings (SSSR count). The van der Waals surface area contributed by atoms with Crippen LogP contribution in [0.5, 0.6) is 0 Å². The molecule has 0 aliphatic rings. The van der Waals surface area contributed by atoms with Crippen LogP contribution in [0, 0.1) is 4.77 Å². The molecular formula is C5H6ClN5S. The van der Waals surface area contributed by atoms with E-state index in [9.17, 15) is 0 Å². The summed E-state index contributed by atoms with van der Waals surface area (Å²) >= 11 is 4.86. The Labute approximate surface area is 78.8 Å². The Balaban J connectivity index is 0.000000720. The second kappa shape index (κ2) is 3.08. The van der Waals surface area contributed by atoms with E-state index < -0.39 is 0 Å². The normalized spacial score (nSPS) is 9.67. The minimum atomic E-state index is 0. The number of halogens is 1. The predicted octanol–water partition coefficient (Wildman–Crippen LogP) is -2.98. The van der Waals surface area contributed by atoms with Crippen LogP contribution in [0.4, 0.5) is 5.82 Å². The molecule has 0 spiro atoms. The van der Waals surface area contributed by atoms with Gasteiger partial charge in [0, 0.05) is 0 Å². The van der Waals surface area contributed by atoms with E-state index in [1.165, 1.54) is 6.33 Å². The van der Waals surface area contributed by atoms with Crippen LogP contribution in [0.1, 0.15) is 0 Å². The summed E-state index contributed by atoms with van der Waals surface area (Å²) in [5.74, 6) is 0.436. The van der Waals surface area contributed by atoms with Gasteiger partial charge in [-0.15, -0.1) is 0 Å². The third-order valence-corrected chi connectivity index (χ3v) is 1.60. The molecule has 2 aromatic heterocycles. The second-order valence-corrected chi connectivity index (χ2v) is 2.53. The monoisotopic (exact) mass is 203 g/mol. The molecule has 0 fully saturated rings. The highest BCUT2D eigenvalue weighted by molar-refractivity contribution is 7.71. The van der Waals surface area contributed by atoms with Crippen molar-refractivity contribution in [3.8, 4) is 0 Å². The minimum Gasteiger partial charge on any atom is -1.00 e. The lowest BCUT2D eigenvalue weighted by molar-refractivity contribution is -0.352. The molecule has 0 saturated heterocycles. The third kappa shape index (κ3) is 1.26. The summed E-state index contributed by atoms with van der Waals surface area (Å²) in [6.45, 7) is 0. The topological polar surface area (TPSA) is 84.6 Å². The molecule has 5 N–H and O–H groups in total. The van der Waals surface area contributed by atoms with Gasteiger partial charge in [0.05, 0.1) is 0 Å². The van der Waals surface area contributed by atoms with Crippen LogP contribution in [0.25, 0.3) is 11.2 Å². The third-order valence-electron chi connectivity index (χ3n) is 1.40. The predicted molar refractivity (Wildman–Crippen MR) is 42.2 cm³/mol. The van der Waals surface area contributed by atoms with Crippen molar-refractivity contribution in [1.82, 2.24) is 15.0 Å². The number of rotatable bonds is 0. The van der Waals surface area contributed by atoms with Gasteiger partial charge < -0.3 is 23.1 Å². The van der Waals surface area contributed by atoms with Gasteiger partial charge in [0.15, 0.2) is 5.52 Å². The number of anilines is 1.